The Morgan fingerprint density at radius 2 is 1.82 bits per heavy atom. The van der Waals surface area contributed by atoms with Crippen LogP contribution in [-0.2, 0) is 32.8 Å². The lowest BCUT2D eigenvalue weighted by Crippen LogP contribution is -2.53. The van der Waals surface area contributed by atoms with Crippen LogP contribution in [0.5, 0.6) is 0 Å². The van der Waals surface area contributed by atoms with Gasteiger partial charge in [-0.25, -0.2) is 0 Å². The predicted molar refractivity (Wildman–Crippen MR) is 130 cm³/mol. The minimum Gasteiger partial charge on any atom is -0.324 e. The number of likely N-dealkylation sites (tertiary alicyclic amines) is 1. The first kappa shape index (κ1) is 22.2. The molecule has 4 atom stereocenters. The van der Waals surface area contributed by atoms with Gasteiger partial charge >= 0.3 is 0 Å². The number of amides is 3. The second kappa shape index (κ2) is 8.61. The smallest absolute Gasteiger partial charge is 0.250 e. The van der Waals surface area contributed by atoms with E-state index < -0.39 is 17.4 Å². The number of thioether (sulfide) groups is 1. The van der Waals surface area contributed by atoms with Gasteiger partial charge in [0, 0.05) is 23.8 Å². The van der Waals surface area contributed by atoms with Crippen LogP contribution in [0.4, 0.5) is 5.69 Å². The molecule has 33 heavy (non-hydrogen) atoms. The maximum atomic E-state index is 13.8. The number of fused-ring (bicyclic) bond motifs is 4. The zero-order valence-corrected chi connectivity index (χ0v) is 19.8. The van der Waals surface area contributed by atoms with E-state index in [9.17, 15) is 14.4 Å². The lowest BCUT2D eigenvalue weighted by Gasteiger charge is -2.29. The van der Waals surface area contributed by atoms with E-state index in [1.54, 1.807) is 11.8 Å². The summed E-state index contributed by atoms with van der Waals surface area (Å²) in [4.78, 5) is 42.4. The van der Waals surface area contributed by atoms with Gasteiger partial charge in [-0.1, -0.05) is 55.5 Å². The van der Waals surface area contributed by atoms with Crippen molar-refractivity contribution < 1.29 is 14.4 Å². The molecule has 0 bridgehead atoms. The minimum absolute atomic E-state index is 0.149. The van der Waals surface area contributed by atoms with Crippen LogP contribution >= 0.6 is 11.8 Å². The van der Waals surface area contributed by atoms with Crippen LogP contribution in [0, 0.1) is 11.8 Å². The van der Waals surface area contributed by atoms with Crippen LogP contribution in [0.1, 0.15) is 30.0 Å². The number of nitrogens with one attached hydrogen (secondary N) is 2. The monoisotopic (exact) mass is 463 g/mol. The zero-order chi connectivity index (χ0) is 23.2. The molecular weight excluding hydrogens is 434 g/mol. The van der Waals surface area contributed by atoms with E-state index in [4.69, 9.17) is 0 Å². The summed E-state index contributed by atoms with van der Waals surface area (Å²) < 4.78 is 0. The molecule has 4 unspecified atom stereocenters. The van der Waals surface area contributed by atoms with Crippen LogP contribution in [0.25, 0.3) is 0 Å². The number of anilines is 1. The molecule has 172 valence electrons. The maximum Gasteiger partial charge on any atom is 0.250 e. The van der Waals surface area contributed by atoms with Gasteiger partial charge < -0.3 is 5.32 Å². The van der Waals surface area contributed by atoms with Crippen molar-refractivity contribution in [2.45, 2.75) is 37.8 Å². The fourth-order valence-electron chi connectivity index (χ4n) is 5.84. The normalized spacial score (nSPS) is 27.9. The Kier molecular flexibility index (Phi) is 5.79. The van der Waals surface area contributed by atoms with E-state index in [1.807, 2.05) is 54.8 Å². The number of imide groups is 1. The predicted octanol–water partition coefficient (Wildman–Crippen LogP) is 2.97. The van der Waals surface area contributed by atoms with E-state index in [0.717, 1.165) is 41.0 Å². The standard InChI is InChI=1S/C26H29N3O3S/c1-3-17-10-7-11-18-22(17)27-25(32)26(18)21-20(19(28-26)13-15-33-2)23(30)29(24(21)31)14-12-16-8-5-4-6-9-16/h4-11,19-21,28H,3,12-15H2,1-2H3,(H,27,32). The van der Waals surface area contributed by atoms with Crippen LogP contribution in [0.2, 0.25) is 0 Å². The molecule has 3 aliphatic heterocycles. The molecule has 3 aliphatic rings. The number of para-hydroxylation sites is 1. The van der Waals surface area contributed by atoms with Crippen LogP contribution < -0.4 is 10.6 Å². The summed E-state index contributed by atoms with van der Waals surface area (Å²) in [6.45, 7) is 2.39. The Balaban J connectivity index is 1.54. The molecule has 0 radical (unpaired) electrons. The van der Waals surface area contributed by atoms with Crippen molar-refractivity contribution >= 4 is 35.2 Å². The van der Waals surface area contributed by atoms with Gasteiger partial charge in [0.2, 0.25) is 17.7 Å². The van der Waals surface area contributed by atoms with Crippen molar-refractivity contribution in [3.05, 3.63) is 65.2 Å². The Bertz CT molecular complexity index is 1110. The third-order valence-corrected chi connectivity index (χ3v) is 8.05. The first-order chi connectivity index (χ1) is 16.0. The summed E-state index contributed by atoms with van der Waals surface area (Å²) in [5.41, 5.74) is 2.53. The largest absolute Gasteiger partial charge is 0.324 e. The van der Waals surface area contributed by atoms with Gasteiger partial charge in [0.25, 0.3) is 0 Å². The van der Waals surface area contributed by atoms with Crippen LogP contribution in [0.3, 0.4) is 0 Å². The average molecular weight is 464 g/mol. The highest BCUT2D eigenvalue weighted by Gasteiger charge is 2.70. The lowest BCUT2D eigenvalue weighted by molar-refractivity contribution is -0.142. The highest BCUT2D eigenvalue weighted by atomic mass is 32.2. The summed E-state index contributed by atoms with van der Waals surface area (Å²) in [5, 5.41) is 6.58. The topological polar surface area (TPSA) is 78.5 Å². The molecule has 0 aromatic heterocycles. The minimum atomic E-state index is -1.19. The summed E-state index contributed by atoms with van der Waals surface area (Å²) in [6, 6.07) is 15.5. The maximum absolute atomic E-state index is 13.8. The Morgan fingerprint density at radius 3 is 2.55 bits per heavy atom. The van der Waals surface area contributed by atoms with Crippen molar-refractivity contribution in [2.75, 3.05) is 23.9 Å². The molecule has 1 spiro atoms. The van der Waals surface area contributed by atoms with Gasteiger partial charge in [-0.3, -0.25) is 24.6 Å². The third-order valence-electron chi connectivity index (χ3n) is 7.41. The molecule has 5 rings (SSSR count). The van der Waals surface area contributed by atoms with Crippen molar-refractivity contribution in [1.82, 2.24) is 10.2 Å². The molecule has 3 heterocycles. The Morgan fingerprint density at radius 1 is 1.03 bits per heavy atom. The van der Waals surface area contributed by atoms with Crippen molar-refractivity contribution in [2.24, 2.45) is 11.8 Å². The second-order valence-electron chi connectivity index (χ2n) is 9.05. The lowest BCUT2D eigenvalue weighted by atomic mass is 9.76. The number of benzene rings is 2. The fraction of sp³-hybridized carbons (Fsp3) is 0.423. The van der Waals surface area contributed by atoms with E-state index >= 15 is 0 Å². The third kappa shape index (κ3) is 3.32. The molecule has 3 amide bonds. The molecule has 2 saturated heterocycles. The average Bonchev–Trinajstić information content (AvgIpc) is 3.41. The van der Waals surface area contributed by atoms with Crippen molar-refractivity contribution in [1.29, 1.82) is 0 Å². The first-order valence-electron chi connectivity index (χ1n) is 11.6. The molecular formula is C26H29N3O3S. The number of carbonyl (C=O) groups excluding carboxylic acids is 3. The number of hydrogen-bond donors (Lipinski definition) is 2. The van der Waals surface area contributed by atoms with Crippen molar-refractivity contribution in [3.8, 4) is 0 Å². The van der Waals surface area contributed by atoms with E-state index in [-0.39, 0.29) is 23.8 Å². The number of rotatable bonds is 7. The van der Waals surface area contributed by atoms with Gasteiger partial charge in [-0.2, -0.15) is 11.8 Å². The number of nitrogens with zero attached hydrogens (tertiary/aromatic N) is 1. The fourth-order valence-corrected chi connectivity index (χ4v) is 6.33. The highest BCUT2D eigenvalue weighted by Crippen LogP contribution is 2.54. The quantitative estimate of drug-likeness (QED) is 0.618. The highest BCUT2D eigenvalue weighted by molar-refractivity contribution is 7.98. The molecule has 0 aliphatic carbocycles. The van der Waals surface area contributed by atoms with Gasteiger partial charge in [0.05, 0.1) is 11.8 Å². The van der Waals surface area contributed by atoms with E-state index in [1.165, 1.54) is 4.90 Å². The van der Waals surface area contributed by atoms with E-state index in [0.29, 0.717) is 13.0 Å². The Labute approximate surface area is 198 Å². The van der Waals surface area contributed by atoms with Gasteiger partial charge in [0.1, 0.15) is 5.54 Å². The Hall–Kier alpha value is -2.64. The van der Waals surface area contributed by atoms with Crippen LogP contribution in [-0.4, -0.2) is 47.2 Å². The summed E-state index contributed by atoms with van der Waals surface area (Å²) in [5.74, 6) is -0.991. The summed E-state index contributed by atoms with van der Waals surface area (Å²) >= 11 is 1.71. The molecule has 2 N–H and O–H groups in total. The zero-order valence-electron chi connectivity index (χ0n) is 19.0. The molecule has 2 aromatic rings. The summed E-state index contributed by atoms with van der Waals surface area (Å²) in [7, 11) is 0. The molecule has 2 aromatic carbocycles. The number of aryl methyl sites for hydroxylation is 1. The first-order valence-corrected chi connectivity index (χ1v) is 13.0. The molecule has 7 heteroatoms. The van der Waals surface area contributed by atoms with Crippen LogP contribution in [0.15, 0.2) is 48.5 Å². The van der Waals surface area contributed by atoms with Gasteiger partial charge in [-0.05, 0) is 42.4 Å². The van der Waals surface area contributed by atoms with Gasteiger partial charge in [-0.15, -0.1) is 0 Å². The van der Waals surface area contributed by atoms with E-state index in [2.05, 4.69) is 17.6 Å². The molecule has 6 nitrogen and oxygen atoms in total. The summed E-state index contributed by atoms with van der Waals surface area (Å²) in [6.07, 6.45) is 4.14. The number of hydrogen-bond acceptors (Lipinski definition) is 5. The SMILES string of the molecule is CCc1cccc2c1NC(=O)C21NC(CCSC)C2C(=O)N(CCc3ccccc3)C(=O)C21. The van der Waals surface area contributed by atoms with Crippen molar-refractivity contribution in [3.63, 3.8) is 0 Å². The van der Waals surface area contributed by atoms with Gasteiger partial charge in [0.15, 0.2) is 0 Å². The second-order valence-corrected chi connectivity index (χ2v) is 10.0. The molecule has 0 saturated carbocycles. The number of carbonyl (C=O) groups is 3. The molecule has 2 fully saturated rings.